The maximum atomic E-state index is 13.1. The lowest BCUT2D eigenvalue weighted by Crippen LogP contribution is -2.32. The summed E-state index contributed by atoms with van der Waals surface area (Å²) in [6, 6.07) is 18.8. The lowest BCUT2D eigenvalue weighted by molar-refractivity contribution is -0.120. The second-order valence-corrected chi connectivity index (χ2v) is 8.02. The number of imidazole rings is 1. The van der Waals surface area contributed by atoms with Crippen LogP contribution in [0.2, 0.25) is 5.02 Å². The van der Waals surface area contributed by atoms with Crippen molar-refractivity contribution in [2.75, 3.05) is 19.4 Å². The van der Waals surface area contributed by atoms with Crippen LogP contribution in [0, 0.1) is 6.92 Å². The van der Waals surface area contributed by atoms with Crippen molar-refractivity contribution < 1.29 is 4.79 Å². The average Bonchev–Trinajstić information content (AvgIpc) is 3.13. The number of fused-ring (bicyclic) bond motifs is 1. The molecule has 0 spiro atoms. The van der Waals surface area contributed by atoms with Crippen molar-refractivity contribution in [2.45, 2.75) is 13.0 Å². The fourth-order valence-electron chi connectivity index (χ4n) is 3.52. The fourth-order valence-corrected chi connectivity index (χ4v) is 3.64. The number of hydrogen-bond acceptors (Lipinski definition) is 3. The number of amides is 1. The van der Waals surface area contributed by atoms with Crippen molar-refractivity contribution in [1.29, 1.82) is 0 Å². The first-order valence-electron chi connectivity index (χ1n) is 9.69. The number of anilines is 1. The Hall–Kier alpha value is -3.15. The molecule has 0 saturated carbocycles. The lowest BCUT2D eigenvalue weighted by Gasteiger charge is -2.24. The van der Waals surface area contributed by atoms with E-state index in [-0.39, 0.29) is 5.91 Å². The third-order valence-corrected chi connectivity index (χ3v) is 5.24. The largest absolute Gasteiger partial charge is 0.324 e. The first kappa shape index (κ1) is 20.1. The molecule has 2 aromatic heterocycles. The Morgan fingerprint density at radius 2 is 1.87 bits per heavy atom. The van der Waals surface area contributed by atoms with Crippen LogP contribution in [0.5, 0.6) is 0 Å². The molecule has 4 aromatic rings. The van der Waals surface area contributed by atoms with Crippen LogP contribution >= 0.6 is 11.6 Å². The lowest BCUT2D eigenvalue weighted by atomic mass is 10.0. The van der Waals surface area contributed by atoms with E-state index in [4.69, 9.17) is 16.6 Å². The van der Waals surface area contributed by atoms with Gasteiger partial charge < -0.3 is 9.72 Å². The second-order valence-electron chi connectivity index (χ2n) is 7.58. The summed E-state index contributed by atoms with van der Waals surface area (Å²) in [5.41, 5.74) is 5.48. The van der Waals surface area contributed by atoms with Crippen LogP contribution in [0.15, 0.2) is 73.1 Å². The molecule has 2 heterocycles. The van der Waals surface area contributed by atoms with Crippen molar-refractivity contribution in [3.63, 3.8) is 0 Å². The van der Waals surface area contributed by atoms with Gasteiger partial charge in [-0.05, 0) is 68.5 Å². The van der Waals surface area contributed by atoms with Gasteiger partial charge in [-0.3, -0.25) is 9.69 Å². The summed E-state index contributed by atoms with van der Waals surface area (Å²) in [6.45, 7) is 2.05. The summed E-state index contributed by atoms with van der Waals surface area (Å²) in [5, 5.41) is 3.69. The molecule has 0 aliphatic heterocycles. The topological polar surface area (TPSA) is 49.6 Å². The number of carbonyl (C=O) groups excluding carboxylic acids is 1. The van der Waals surface area contributed by atoms with Crippen LogP contribution in [-0.2, 0) is 4.79 Å². The molecule has 1 atom stereocenters. The predicted octanol–water partition coefficient (Wildman–Crippen LogP) is 5.20. The molecule has 0 radical (unpaired) electrons. The van der Waals surface area contributed by atoms with Gasteiger partial charge in [0.2, 0.25) is 5.91 Å². The minimum Gasteiger partial charge on any atom is -0.324 e. The SMILES string of the molecule is Cc1ccn2cc(-c3cccc(NC(=O)[C@@H](c4ccc(Cl)cc4)N(C)C)c3)nc2c1. The van der Waals surface area contributed by atoms with Gasteiger partial charge >= 0.3 is 0 Å². The number of halogens is 1. The number of nitrogens with zero attached hydrogens (tertiary/aromatic N) is 3. The normalized spacial score (nSPS) is 12.3. The Balaban J connectivity index is 1.59. The van der Waals surface area contributed by atoms with E-state index in [9.17, 15) is 4.79 Å². The minimum atomic E-state index is -0.427. The van der Waals surface area contributed by atoms with Crippen LogP contribution in [0.25, 0.3) is 16.9 Å². The summed E-state index contributed by atoms with van der Waals surface area (Å²) >= 11 is 6.00. The molecule has 0 bridgehead atoms. The highest BCUT2D eigenvalue weighted by Crippen LogP contribution is 2.25. The quantitative estimate of drug-likeness (QED) is 0.484. The van der Waals surface area contributed by atoms with Crippen molar-refractivity contribution in [2.24, 2.45) is 0 Å². The Morgan fingerprint density at radius 1 is 1.10 bits per heavy atom. The summed E-state index contributed by atoms with van der Waals surface area (Å²) < 4.78 is 2.00. The van der Waals surface area contributed by atoms with E-state index >= 15 is 0 Å². The molecule has 1 amide bonds. The van der Waals surface area contributed by atoms with Gasteiger partial charge in [0.05, 0.1) is 5.69 Å². The van der Waals surface area contributed by atoms with Gasteiger partial charge in [-0.15, -0.1) is 0 Å². The van der Waals surface area contributed by atoms with Crippen molar-refractivity contribution >= 4 is 28.8 Å². The number of rotatable bonds is 5. The molecular weight excluding hydrogens is 396 g/mol. The predicted molar refractivity (Wildman–Crippen MR) is 122 cm³/mol. The number of pyridine rings is 1. The summed E-state index contributed by atoms with van der Waals surface area (Å²) in [4.78, 5) is 19.7. The number of hydrogen-bond donors (Lipinski definition) is 1. The van der Waals surface area contributed by atoms with E-state index in [0.717, 1.165) is 33.7 Å². The van der Waals surface area contributed by atoms with Gasteiger partial charge in [-0.1, -0.05) is 35.9 Å². The van der Waals surface area contributed by atoms with Gasteiger partial charge in [0.1, 0.15) is 11.7 Å². The van der Waals surface area contributed by atoms with Crippen molar-refractivity contribution in [1.82, 2.24) is 14.3 Å². The number of benzene rings is 2. The van der Waals surface area contributed by atoms with Crippen LogP contribution in [0.1, 0.15) is 17.2 Å². The van der Waals surface area contributed by atoms with Crippen LogP contribution in [0.4, 0.5) is 5.69 Å². The summed E-state index contributed by atoms with van der Waals surface area (Å²) in [5.74, 6) is -0.106. The summed E-state index contributed by atoms with van der Waals surface area (Å²) in [7, 11) is 3.77. The van der Waals surface area contributed by atoms with E-state index in [2.05, 4.69) is 5.32 Å². The number of likely N-dealkylation sites (N-methyl/N-ethyl adjacent to an activating group) is 1. The molecule has 1 N–H and O–H groups in total. The number of nitrogens with one attached hydrogen (secondary N) is 1. The van der Waals surface area contributed by atoms with Gasteiger partial charge in [-0.25, -0.2) is 4.98 Å². The molecule has 0 saturated heterocycles. The van der Waals surface area contributed by atoms with Crippen LogP contribution in [0.3, 0.4) is 0 Å². The third kappa shape index (κ3) is 4.22. The molecule has 152 valence electrons. The summed E-state index contributed by atoms with van der Waals surface area (Å²) in [6.07, 6.45) is 3.99. The zero-order valence-corrected chi connectivity index (χ0v) is 17.9. The number of aromatic nitrogens is 2. The highest BCUT2D eigenvalue weighted by atomic mass is 35.5. The third-order valence-electron chi connectivity index (χ3n) is 4.99. The Morgan fingerprint density at radius 3 is 2.60 bits per heavy atom. The molecule has 0 fully saturated rings. The monoisotopic (exact) mass is 418 g/mol. The maximum Gasteiger partial charge on any atom is 0.246 e. The molecule has 0 unspecified atom stereocenters. The Bertz CT molecular complexity index is 1200. The zero-order valence-electron chi connectivity index (χ0n) is 17.1. The first-order valence-corrected chi connectivity index (χ1v) is 10.1. The highest BCUT2D eigenvalue weighted by molar-refractivity contribution is 6.30. The van der Waals surface area contributed by atoms with E-state index in [0.29, 0.717) is 5.02 Å². The van der Waals surface area contributed by atoms with Gasteiger partial charge in [-0.2, -0.15) is 0 Å². The molecular formula is C24H23ClN4O. The van der Waals surface area contributed by atoms with E-state index in [1.54, 1.807) is 12.1 Å². The van der Waals surface area contributed by atoms with Crippen molar-refractivity contribution in [3.8, 4) is 11.3 Å². The molecule has 0 aliphatic rings. The molecule has 6 heteroatoms. The van der Waals surface area contributed by atoms with E-state index in [1.165, 1.54) is 0 Å². The van der Waals surface area contributed by atoms with E-state index in [1.807, 2.05) is 91.2 Å². The molecule has 4 rings (SSSR count). The number of carbonyl (C=O) groups is 1. The average molecular weight is 419 g/mol. The van der Waals surface area contributed by atoms with Crippen LogP contribution in [-0.4, -0.2) is 34.3 Å². The molecule has 5 nitrogen and oxygen atoms in total. The van der Waals surface area contributed by atoms with Gasteiger partial charge in [0, 0.05) is 28.7 Å². The zero-order chi connectivity index (χ0) is 21.3. The van der Waals surface area contributed by atoms with Crippen LogP contribution < -0.4 is 5.32 Å². The minimum absolute atomic E-state index is 0.106. The Kier molecular flexibility index (Phi) is 5.57. The van der Waals surface area contributed by atoms with Crippen molar-refractivity contribution in [3.05, 3.63) is 89.2 Å². The second kappa shape index (κ2) is 8.30. The highest BCUT2D eigenvalue weighted by Gasteiger charge is 2.23. The molecule has 2 aromatic carbocycles. The Labute approximate surface area is 180 Å². The smallest absolute Gasteiger partial charge is 0.246 e. The van der Waals surface area contributed by atoms with Gasteiger partial charge in [0.25, 0.3) is 0 Å². The standard InChI is InChI=1S/C24H23ClN4O/c1-16-11-12-29-15-21(27-22(29)13-16)18-5-4-6-20(14-18)26-24(30)23(28(2)3)17-7-9-19(25)10-8-17/h4-15,23H,1-3H3,(H,26,30)/t23-/m1/s1. The molecule has 30 heavy (non-hydrogen) atoms. The van der Waals surface area contributed by atoms with E-state index < -0.39 is 6.04 Å². The molecule has 0 aliphatic carbocycles. The first-order chi connectivity index (χ1) is 14.4. The fraction of sp³-hybridized carbons (Fsp3) is 0.167. The maximum absolute atomic E-state index is 13.1. The number of aryl methyl sites for hydroxylation is 1. The van der Waals surface area contributed by atoms with Gasteiger partial charge in [0.15, 0.2) is 0 Å².